The van der Waals surface area contributed by atoms with Crippen LogP contribution >= 0.6 is 0 Å². The van der Waals surface area contributed by atoms with Crippen molar-refractivity contribution in [2.45, 2.75) is 103 Å². The van der Waals surface area contributed by atoms with Gasteiger partial charge in [-0.15, -0.1) is 0 Å². The molecule has 0 amide bonds. The fourth-order valence-electron chi connectivity index (χ4n) is 3.14. The van der Waals surface area contributed by atoms with Gasteiger partial charge in [-0.25, -0.2) is 0 Å². The van der Waals surface area contributed by atoms with Crippen molar-refractivity contribution in [3.63, 3.8) is 0 Å². The molecule has 1 fully saturated rings. The van der Waals surface area contributed by atoms with Gasteiger partial charge in [0.25, 0.3) is 0 Å². The molecule has 2 heteroatoms. The zero-order chi connectivity index (χ0) is 18.0. The van der Waals surface area contributed by atoms with Crippen LogP contribution < -0.4 is 0 Å². The molecule has 0 radical (unpaired) electrons. The molecule has 2 nitrogen and oxygen atoms in total. The zero-order valence-corrected chi connectivity index (χ0v) is 16.3. The third-order valence-electron chi connectivity index (χ3n) is 4.63. The maximum Gasteiger partial charge on any atom is 0.306 e. The molecular formula is C23H38O2. The Morgan fingerprint density at radius 3 is 2.16 bits per heavy atom. The Kier molecular flexibility index (Phi) is 14.1. The summed E-state index contributed by atoms with van der Waals surface area (Å²) in [4.78, 5) is 11.7. The van der Waals surface area contributed by atoms with Gasteiger partial charge in [0.15, 0.2) is 0 Å². The Morgan fingerprint density at radius 2 is 1.44 bits per heavy atom. The summed E-state index contributed by atoms with van der Waals surface area (Å²) in [6.45, 7) is 2.16. The fourth-order valence-corrected chi connectivity index (χ4v) is 3.14. The highest BCUT2D eigenvalue weighted by molar-refractivity contribution is 5.69. The molecular weight excluding hydrogens is 308 g/mol. The highest BCUT2D eigenvalue weighted by Gasteiger charge is 2.18. The number of carbonyl (C=O) groups is 1. The van der Waals surface area contributed by atoms with Gasteiger partial charge in [0.2, 0.25) is 0 Å². The summed E-state index contributed by atoms with van der Waals surface area (Å²) in [5.74, 6) is 0.0214. The van der Waals surface area contributed by atoms with E-state index in [4.69, 9.17) is 4.74 Å². The number of hydrogen-bond donors (Lipinski definition) is 0. The van der Waals surface area contributed by atoms with Crippen molar-refractivity contribution in [1.29, 1.82) is 0 Å². The highest BCUT2D eigenvalue weighted by atomic mass is 16.5. The van der Waals surface area contributed by atoms with E-state index in [2.05, 4.69) is 43.4 Å². The van der Waals surface area contributed by atoms with E-state index < -0.39 is 0 Å². The van der Waals surface area contributed by atoms with Crippen molar-refractivity contribution in [1.82, 2.24) is 0 Å². The summed E-state index contributed by atoms with van der Waals surface area (Å²) in [5.41, 5.74) is 0. The molecule has 1 rings (SSSR count). The van der Waals surface area contributed by atoms with Crippen LogP contribution in [-0.2, 0) is 9.53 Å². The van der Waals surface area contributed by atoms with Crippen LogP contribution in [0.2, 0.25) is 0 Å². The van der Waals surface area contributed by atoms with Crippen molar-refractivity contribution < 1.29 is 9.53 Å². The first-order chi connectivity index (χ1) is 12.3. The average Bonchev–Trinajstić information content (AvgIpc) is 3.11. The van der Waals surface area contributed by atoms with E-state index in [1.807, 2.05) is 0 Å². The molecule has 0 heterocycles. The molecule has 1 aliphatic rings. The summed E-state index contributed by atoms with van der Waals surface area (Å²) < 4.78 is 5.47. The number of rotatable bonds is 14. The van der Waals surface area contributed by atoms with E-state index in [1.54, 1.807) is 0 Å². The molecule has 25 heavy (non-hydrogen) atoms. The Hall–Kier alpha value is -1.31. The third-order valence-corrected chi connectivity index (χ3v) is 4.63. The van der Waals surface area contributed by atoms with Gasteiger partial charge >= 0.3 is 5.97 Å². The quantitative estimate of drug-likeness (QED) is 0.191. The lowest BCUT2D eigenvalue weighted by atomic mass is 10.1. The van der Waals surface area contributed by atoms with Crippen LogP contribution in [0.1, 0.15) is 96.8 Å². The molecule has 0 aliphatic heterocycles. The number of esters is 1. The van der Waals surface area contributed by atoms with Gasteiger partial charge in [0, 0.05) is 6.42 Å². The first kappa shape index (κ1) is 21.7. The maximum absolute atomic E-state index is 11.7. The van der Waals surface area contributed by atoms with Crippen molar-refractivity contribution >= 4 is 5.97 Å². The number of hydrogen-bond acceptors (Lipinski definition) is 2. The SMILES string of the molecule is CC/C=C\C/C=C\C/C=C\CCCCCCCC(=O)OC1CCCC1. The van der Waals surface area contributed by atoms with Crippen molar-refractivity contribution in [3.05, 3.63) is 36.5 Å². The zero-order valence-electron chi connectivity index (χ0n) is 16.3. The van der Waals surface area contributed by atoms with E-state index in [0.717, 1.165) is 44.9 Å². The number of carbonyl (C=O) groups excluding carboxylic acids is 1. The molecule has 0 atom stereocenters. The number of allylic oxidation sites excluding steroid dienone is 6. The Morgan fingerprint density at radius 1 is 0.840 bits per heavy atom. The second-order valence-corrected chi connectivity index (χ2v) is 7.00. The molecule has 0 bridgehead atoms. The minimum atomic E-state index is 0.0214. The lowest BCUT2D eigenvalue weighted by Crippen LogP contribution is -2.14. The molecule has 0 aromatic rings. The molecule has 1 saturated carbocycles. The molecule has 0 spiro atoms. The van der Waals surface area contributed by atoms with Crippen LogP contribution in [0.5, 0.6) is 0 Å². The topological polar surface area (TPSA) is 26.3 Å². The lowest BCUT2D eigenvalue weighted by molar-refractivity contribution is -0.148. The predicted molar refractivity (Wildman–Crippen MR) is 108 cm³/mol. The van der Waals surface area contributed by atoms with E-state index >= 15 is 0 Å². The van der Waals surface area contributed by atoms with Crippen LogP contribution in [0, 0.1) is 0 Å². The van der Waals surface area contributed by atoms with Gasteiger partial charge in [-0.2, -0.15) is 0 Å². The van der Waals surface area contributed by atoms with Gasteiger partial charge in [-0.05, 0) is 64.2 Å². The van der Waals surface area contributed by atoms with E-state index in [1.165, 1.54) is 38.5 Å². The minimum Gasteiger partial charge on any atom is -0.462 e. The van der Waals surface area contributed by atoms with Crippen molar-refractivity contribution in [3.8, 4) is 0 Å². The molecule has 0 aromatic heterocycles. The second-order valence-electron chi connectivity index (χ2n) is 7.00. The molecule has 0 saturated heterocycles. The first-order valence-electron chi connectivity index (χ1n) is 10.5. The van der Waals surface area contributed by atoms with Gasteiger partial charge < -0.3 is 4.74 Å². The lowest BCUT2D eigenvalue weighted by Gasteiger charge is -2.10. The fraction of sp³-hybridized carbons (Fsp3) is 0.696. The van der Waals surface area contributed by atoms with Crippen LogP contribution in [0.25, 0.3) is 0 Å². The smallest absolute Gasteiger partial charge is 0.306 e. The standard InChI is InChI=1S/C23H38O2/c1-2-3-4-5-6-7-8-9-10-11-12-13-14-15-16-21-23(24)25-22-19-17-18-20-22/h3-4,6-7,9-10,22H,2,5,8,11-21H2,1H3/b4-3-,7-6-,10-9-. The van der Waals surface area contributed by atoms with E-state index in [9.17, 15) is 4.79 Å². The summed E-state index contributed by atoms with van der Waals surface area (Å²) in [7, 11) is 0. The van der Waals surface area contributed by atoms with Gasteiger partial charge in [0.05, 0.1) is 0 Å². The maximum atomic E-state index is 11.7. The number of unbranched alkanes of at least 4 members (excludes halogenated alkanes) is 5. The summed E-state index contributed by atoms with van der Waals surface area (Å²) in [6.07, 6.45) is 29.2. The van der Waals surface area contributed by atoms with E-state index in [0.29, 0.717) is 6.42 Å². The summed E-state index contributed by atoms with van der Waals surface area (Å²) >= 11 is 0. The summed E-state index contributed by atoms with van der Waals surface area (Å²) in [5, 5.41) is 0. The average molecular weight is 347 g/mol. The Balaban J connectivity index is 1.82. The molecule has 0 aromatic carbocycles. The predicted octanol–water partition coefficient (Wildman–Crippen LogP) is 7.06. The van der Waals surface area contributed by atoms with Crippen LogP contribution in [0.4, 0.5) is 0 Å². The number of ether oxygens (including phenoxy) is 1. The van der Waals surface area contributed by atoms with Crippen LogP contribution in [0.15, 0.2) is 36.5 Å². The van der Waals surface area contributed by atoms with Gasteiger partial charge in [-0.3, -0.25) is 4.79 Å². The monoisotopic (exact) mass is 346 g/mol. The van der Waals surface area contributed by atoms with Crippen LogP contribution in [-0.4, -0.2) is 12.1 Å². The Labute approximate surface area is 155 Å². The van der Waals surface area contributed by atoms with Crippen molar-refractivity contribution in [2.24, 2.45) is 0 Å². The minimum absolute atomic E-state index is 0.0214. The molecule has 0 N–H and O–H groups in total. The molecule has 142 valence electrons. The van der Waals surface area contributed by atoms with Gasteiger partial charge in [-0.1, -0.05) is 62.6 Å². The molecule has 0 unspecified atom stereocenters. The van der Waals surface area contributed by atoms with Crippen molar-refractivity contribution in [2.75, 3.05) is 0 Å². The van der Waals surface area contributed by atoms with Crippen LogP contribution in [0.3, 0.4) is 0 Å². The Bertz CT molecular complexity index is 400. The first-order valence-corrected chi connectivity index (χ1v) is 10.5. The van der Waals surface area contributed by atoms with E-state index in [-0.39, 0.29) is 12.1 Å². The largest absolute Gasteiger partial charge is 0.462 e. The molecule has 1 aliphatic carbocycles. The second kappa shape index (κ2) is 16.2. The van der Waals surface area contributed by atoms with Gasteiger partial charge in [0.1, 0.15) is 6.10 Å². The normalized spacial score (nSPS) is 15.9. The third kappa shape index (κ3) is 13.6. The highest BCUT2D eigenvalue weighted by Crippen LogP contribution is 2.21. The summed E-state index contributed by atoms with van der Waals surface area (Å²) in [6, 6.07) is 0.